The number of allylic oxidation sites excluding steroid dienone is 1. The van der Waals surface area contributed by atoms with E-state index in [-0.39, 0.29) is 10.1 Å². The average Bonchev–Trinajstić information content (AvgIpc) is 3.04. The number of benzene rings is 4. The van der Waals surface area contributed by atoms with Gasteiger partial charge in [-0.1, -0.05) is 120 Å². The molecule has 0 spiro atoms. The molecule has 0 saturated carbocycles. The van der Waals surface area contributed by atoms with E-state index >= 15 is 0 Å². The van der Waals surface area contributed by atoms with Crippen LogP contribution in [-0.2, 0) is 19.6 Å². The Morgan fingerprint density at radius 2 is 1.08 bits per heavy atom. The van der Waals surface area contributed by atoms with Crippen LogP contribution in [0.2, 0.25) is 36.3 Å². The molecule has 4 rings (SSSR count). The first-order valence-corrected chi connectivity index (χ1v) is 23.0. The molecule has 0 N–H and O–H groups in total. The summed E-state index contributed by atoms with van der Waals surface area (Å²) in [6.07, 6.45) is 4.89. The van der Waals surface area contributed by atoms with E-state index in [0.717, 1.165) is 51.0 Å². The summed E-state index contributed by atoms with van der Waals surface area (Å²) in [5.41, 5.74) is 4.22. The molecular weight excluding hydrogens is 641 g/mol. The van der Waals surface area contributed by atoms with Crippen molar-refractivity contribution < 1.29 is 23.1 Å². The van der Waals surface area contributed by atoms with Gasteiger partial charge in [-0.05, 0) is 71.5 Å². The summed E-state index contributed by atoms with van der Waals surface area (Å²) in [6, 6.07) is 30.6. The van der Waals surface area contributed by atoms with Crippen molar-refractivity contribution in [3.8, 4) is 28.7 Å². The maximum absolute atomic E-state index is 7.02. The zero-order chi connectivity index (χ0) is 35.9. The molecule has 0 aliphatic heterocycles. The van der Waals surface area contributed by atoms with Crippen LogP contribution in [-0.4, -0.2) is 23.7 Å². The average molecular weight is 697 g/mol. The van der Waals surface area contributed by atoms with Crippen molar-refractivity contribution in [3.63, 3.8) is 0 Å². The molecule has 0 amide bonds. The molecule has 0 bridgehead atoms. The highest BCUT2D eigenvalue weighted by molar-refractivity contribution is 6.75. The quantitative estimate of drug-likeness (QED) is 0.123. The Hall–Kier alpha value is -3.95. The number of hydrogen-bond donors (Lipinski definition) is 0. The smallest absolute Gasteiger partial charge is 0.250 e. The largest absolute Gasteiger partial charge is 0.543 e. The molecule has 0 atom stereocenters. The molecule has 4 aromatic carbocycles. The fourth-order valence-electron chi connectivity index (χ4n) is 4.62. The van der Waals surface area contributed by atoms with Gasteiger partial charge in [0.1, 0.15) is 36.2 Å². The zero-order valence-electron chi connectivity index (χ0n) is 31.5. The van der Waals surface area contributed by atoms with Gasteiger partial charge in [0.05, 0.1) is 7.11 Å². The second-order valence-corrected chi connectivity index (χ2v) is 25.1. The number of rotatable bonds is 14. The van der Waals surface area contributed by atoms with Crippen molar-refractivity contribution in [1.29, 1.82) is 0 Å². The summed E-state index contributed by atoms with van der Waals surface area (Å²) in [7, 11) is -2.54. The van der Waals surface area contributed by atoms with E-state index in [9.17, 15) is 0 Å². The molecule has 0 aromatic heterocycles. The SMILES string of the molecule is COc1cc(/C=C/Cc2c(OCc3ccccc3)cc(OCc3ccccc3)cc2O[Si](C)(C)C(C)(C)C)ccc1O[Si](C)(C)C(C)(C)C. The van der Waals surface area contributed by atoms with E-state index in [0.29, 0.717) is 19.6 Å². The number of ether oxygens (including phenoxy) is 3. The summed E-state index contributed by atoms with van der Waals surface area (Å²) in [5.74, 6) is 3.80. The van der Waals surface area contributed by atoms with Crippen LogP contribution >= 0.6 is 0 Å². The third-order valence-corrected chi connectivity index (χ3v) is 18.5. The normalized spacial score (nSPS) is 12.6. The van der Waals surface area contributed by atoms with Gasteiger partial charge in [0.2, 0.25) is 8.32 Å². The van der Waals surface area contributed by atoms with Crippen molar-refractivity contribution in [2.45, 2.75) is 97.4 Å². The molecule has 0 aliphatic rings. The van der Waals surface area contributed by atoms with E-state index in [2.05, 4.69) is 110 Å². The number of methoxy groups -OCH3 is 1. The third-order valence-electron chi connectivity index (χ3n) is 9.79. The lowest BCUT2D eigenvalue weighted by Gasteiger charge is -2.37. The van der Waals surface area contributed by atoms with E-state index in [1.165, 1.54) is 0 Å². The van der Waals surface area contributed by atoms with Gasteiger partial charge in [-0.15, -0.1) is 0 Å². The summed E-state index contributed by atoms with van der Waals surface area (Å²) in [5, 5.41) is 0.0973. The van der Waals surface area contributed by atoms with Crippen molar-refractivity contribution in [3.05, 3.63) is 119 Å². The minimum atomic E-state index is -2.21. The molecule has 7 heteroatoms. The molecule has 0 aliphatic carbocycles. The van der Waals surface area contributed by atoms with Crippen molar-refractivity contribution >= 4 is 22.7 Å². The van der Waals surface area contributed by atoms with Crippen molar-refractivity contribution in [2.75, 3.05) is 7.11 Å². The van der Waals surface area contributed by atoms with E-state index < -0.39 is 16.6 Å². The first-order valence-electron chi connectivity index (χ1n) is 17.2. The zero-order valence-corrected chi connectivity index (χ0v) is 33.5. The van der Waals surface area contributed by atoms with Gasteiger partial charge in [0.25, 0.3) is 8.32 Å². The molecule has 0 saturated heterocycles. The van der Waals surface area contributed by atoms with Gasteiger partial charge in [0, 0.05) is 17.7 Å². The van der Waals surface area contributed by atoms with Crippen LogP contribution in [0.3, 0.4) is 0 Å². The topological polar surface area (TPSA) is 46.2 Å². The summed E-state index contributed by atoms with van der Waals surface area (Å²) < 4.78 is 32.3. The highest BCUT2D eigenvalue weighted by Gasteiger charge is 2.40. The van der Waals surface area contributed by atoms with Crippen LogP contribution in [0.4, 0.5) is 0 Å². The predicted molar refractivity (Wildman–Crippen MR) is 209 cm³/mol. The minimum absolute atomic E-state index is 0.0108. The minimum Gasteiger partial charge on any atom is -0.543 e. The second kappa shape index (κ2) is 15.7. The molecule has 4 aromatic rings. The van der Waals surface area contributed by atoms with Crippen LogP contribution in [0, 0.1) is 0 Å². The second-order valence-electron chi connectivity index (χ2n) is 15.7. The molecule has 0 radical (unpaired) electrons. The van der Waals surface area contributed by atoms with Gasteiger partial charge in [-0.3, -0.25) is 0 Å². The Balaban J connectivity index is 1.70. The molecule has 0 heterocycles. The predicted octanol–water partition coefficient (Wildman–Crippen LogP) is 11.9. The lowest BCUT2D eigenvalue weighted by molar-refractivity contribution is 0.286. The Kier molecular flexibility index (Phi) is 12.2. The highest BCUT2D eigenvalue weighted by Crippen LogP contribution is 2.43. The molecular formula is C42H56O5Si2. The number of hydrogen-bond acceptors (Lipinski definition) is 5. The first kappa shape index (κ1) is 37.9. The van der Waals surface area contributed by atoms with Crippen LogP contribution in [0.1, 0.15) is 63.8 Å². The lowest BCUT2D eigenvalue weighted by atomic mass is 10.1. The standard InChI is InChI=1S/C42H56O5Si2/c1-41(2,3)48(8,9)46-37-26-25-32(27-40(37)43-7)23-18-24-36-38(45-31-34-21-16-13-17-22-34)28-35(44-30-33-19-14-12-15-20-33)29-39(36)47-49(10,11)42(4,5)6/h12-23,25-29H,24,30-31H2,1-11H3/b23-18+. The van der Waals surface area contributed by atoms with Gasteiger partial charge < -0.3 is 23.1 Å². The molecule has 0 fully saturated rings. The fourth-order valence-corrected chi connectivity index (χ4v) is 6.68. The maximum Gasteiger partial charge on any atom is 0.250 e. The van der Waals surface area contributed by atoms with Gasteiger partial charge in [-0.2, -0.15) is 0 Å². The fraction of sp³-hybridized carbons (Fsp3) is 0.381. The van der Waals surface area contributed by atoms with Gasteiger partial charge in [-0.25, -0.2) is 0 Å². The Bertz CT molecular complexity index is 1680. The van der Waals surface area contributed by atoms with Crippen LogP contribution < -0.4 is 23.1 Å². The maximum atomic E-state index is 7.02. The van der Waals surface area contributed by atoms with Crippen molar-refractivity contribution in [1.82, 2.24) is 0 Å². The van der Waals surface area contributed by atoms with Gasteiger partial charge >= 0.3 is 0 Å². The molecule has 0 unspecified atom stereocenters. The molecule has 5 nitrogen and oxygen atoms in total. The van der Waals surface area contributed by atoms with Crippen LogP contribution in [0.15, 0.2) is 97.1 Å². The van der Waals surface area contributed by atoms with E-state index in [1.807, 2.05) is 60.7 Å². The van der Waals surface area contributed by atoms with E-state index in [1.54, 1.807) is 7.11 Å². The highest BCUT2D eigenvalue weighted by atomic mass is 28.4. The molecule has 49 heavy (non-hydrogen) atoms. The summed E-state index contributed by atoms with van der Waals surface area (Å²) in [4.78, 5) is 0. The van der Waals surface area contributed by atoms with Crippen LogP contribution in [0.5, 0.6) is 28.7 Å². The Morgan fingerprint density at radius 3 is 1.61 bits per heavy atom. The third kappa shape index (κ3) is 10.3. The molecule has 262 valence electrons. The Labute approximate surface area is 297 Å². The van der Waals surface area contributed by atoms with Crippen molar-refractivity contribution in [2.24, 2.45) is 0 Å². The van der Waals surface area contributed by atoms with Gasteiger partial charge in [0.15, 0.2) is 5.75 Å². The Morgan fingerprint density at radius 1 is 0.571 bits per heavy atom. The summed E-state index contributed by atoms with van der Waals surface area (Å²) >= 11 is 0. The van der Waals surface area contributed by atoms with Crippen LogP contribution in [0.25, 0.3) is 6.08 Å². The lowest BCUT2D eigenvalue weighted by Crippen LogP contribution is -2.44. The summed E-state index contributed by atoms with van der Waals surface area (Å²) in [6.45, 7) is 23.4. The first-order chi connectivity index (χ1) is 23.0. The monoisotopic (exact) mass is 696 g/mol. The van der Waals surface area contributed by atoms with E-state index in [4.69, 9.17) is 23.1 Å².